The molecule has 8 unspecified atom stereocenters. The molecule has 0 aromatic heterocycles. The van der Waals surface area contributed by atoms with Gasteiger partial charge >= 0.3 is 0 Å². The van der Waals surface area contributed by atoms with Crippen molar-refractivity contribution in [2.45, 2.75) is 281 Å². The highest BCUT2D eigenvalue weighted by Gasteiger charge is 2.44. The maximum absolute atomic E-state index is 13.1. The van der Waals surface area contributed by atoms with Crippen molar-refractivity contribution in [3.63, 3.8) is 0 Å². The minimum absolute atomic E-state index is 0.303. The van der Waals surface area contributed by atoms with Gasteiger partial charge < -0.3 is 45.4 Å². The van der Waals surface area contributed by atoms with Crippen molar-refractivity contribution in [2.24, 2.45) is 0 Å². The van der Waals surface area contributed by atoms with E-state index in [-0.39, 0.29) is 6.61 Å². The molecule has 0 spiro atoms. The molecule has 370 valence electrons. The van der Waals surface area contributed by atoms with E-state index in [1.54, 1.807) is 6.08 Å². The number of aliphatic hydroxyl groups is 6. The lowest BCUT2D eigenvalue weighted by atomic mass is 9.99. The Labute approximate surface area is 385 Å². The Morgan fingerprint density at radius 2 is 0.937 bits per heavy atom. The minimum Gasteiger partial charge on any atom is -0.394 e. The number of hydrogen-bond donors (Lipinski definition) is 7. The highest BCUT2D eigenvalue weighted by molar-refractivity contribution is 5.80. The zero-order valence-corrected chi connectivity index (χ0v) is 40.4. The third-order valence-corrected chi connectivity index (χ3v) is 12.5. The van der Waals surface area contributed by atoms with E-state index in [9.17, 15) is 35.4 Å². The molecule has 0 bridgehead atoms. The summed E-state index contributed by atoms with van der Waals surface area (Å²) in [5, 5.41) is 64.7. The second-order valence-corrected chi connectivity index (χ2v) is 18.4. The van der Waals surface area contributed by atoms with Gasteiger partial charge in [-0.25, -0.2) is 0 Å². The quantitative estimate of drug-likeness (QED) is 0.0232. The number of allylic oxidation sites excluding steroid dienone is 5. The van der Waals surface area contributed by atoms with Crippen LogP contribution in [0.3, 0.4) is 0 Å². The zero-order valence-electron chi connectivity index (χ0n) is 40.4. The zero-order chi connectivity index (χ0) is 46.0. The van der Waals surface area contributed by atoms with Crippen LogP contribution in [0.5, 0.6) is 0 Å². The molecule has 8 atom stereocenters. The molecule has 0 radical (unpaired) electrons. The lowest BCUT2D eigenvalue weighted by Crippen LogP contribution is -2.60. The smallest absolute Gasteiger partial charge is 0.249 e. The lowest BCUT2D eigenvalue weighted by molar-refractivity contribution is -0.302. The predicted octanol–water partition coefficient (Wildman–Crippen LogP) is 11.0. The molecule has 10 nitrogen and oxygen atoms in total. The van der Waals surface area contributed by atoms with Crippen LogP contribution in [-0.2, 0) is 14.3 Å². The van der Waals surface area contributed by atoms with Crippen molar-refractivity contribution in [2.75, 3.05) is 13.2 Å². The van der Waals surface area contributed by atoms with E-state index in [4.69, 9.17) is 9.47 Å². The van der Waals surface area contributed by atoms with Crippen molar-refractivity contribution < 1.29 is 44.9 Å². The lowest BCUT2D eigenvalue weighted by Gasteiger charge is -2.40. The van der Waals surface area contributed by atoms with Crippen LogP contribution in [0.2, 0.25) is 0 Å². The molecule has 1 fully saturated rings. The molecule has 10 heteroatoms. The molecule has 0 aliphatic carbocycles. The van der Waals surface area contributed by atoms with E-state index in [0.717, 1.165) is 32.1 Å². The van der Waals surface area contributed by atoms with Gasteiger partial charge in [-0.05, 0) is 57.8 Å². The Hall–Kier alpha value is -1.63. The van der Waals surface area contributed by atoms with Gasteiger partial charge in [0, 0.05) is 0 Å². The normalized spacial score (nSPS) is 20.9. The molecule has 1 amide bonds. The Balaban J connectivity index is 2.23. The Morgan fingerprint density at radius 1 is 0.540 bits per heavy atom. The van der Waals surface area contributed by atoms with Gasteiger partial charge in [0.05, 0.1) is 25.4 Å². The van der Waals surface area contributed by atoms with Gasteiger partial charge in [0.1, 0.15) is 30.5 Å². The second kappa shape index (κ2) is 43.0. The third-order valence-electron chi connectivity index (χ3n) is 12.5. The molecule has 1 rings (SSSR count). The largest absolute Gasteiger partial charge is 0.394 e. The summed E-state index contributed by atoms with van der Waals surface area (Å²) in [5.41, 5.74) is 0. The summed E-state index contributed by atoms with van der Waals surface area (Å²) in [6.45, 7) is 3.57. The number of amides is 1. The van der Waals surface area contributed by atoms with Crippen molar-refractivity contribution >= 4 is 5.91 Å². The number of hydrogen-bond acceptors (Lipinski definition) is 9. The molecule has 0 aromatic rings. The van der Waals surface area contributed by atoms with Gasteiger partial charge in [-0.1, -0.05) is 211 Å². The van der Waals surface area contributed by atoms with Gasteiger partial charge in [0.2, 0.25) is 5.91 Å². The Kier molecular flexibility index (Phi) is 40.5. The minimum atomic E-state index is -1.61. The van der Waals surface area contributed by atoms with Crippen molar-refractivity contribution in [1.29, 1.82) is 0 Å². The summed E-state index contributed by atoms with van der Waals surface area (Å²) in [5.74, 6) is -0.627. The van der Waals surface area contributed by atoms with Gasteiger partial charge in [-0.15, -0.1) is 0 Å². The number of nitrogens with one attached hydrogen (secondary N) is 1. The number of rotatable bonds is 44. The summed E-state index contributed by atoms with van der Waals surface area (Å²) < 4.78 is 11.1. The maximum Gasteiger partial charge on any atom is 0.249 e. The molecule has 1 aliphatic heterocycles. The van der Waals surface area contributed by atoms with E-state index < -0.39 is 61.5 Å². The van der Waals surface area contributed by atoms with E-state index >= 15 is 0 Å². The molecule has 0 aromatic carbocycles. The first-order valence-corrected chi connectivity index (χ1v) is 26.3. The highest BCUT2D eigenvalue weighted by atomic mass is 16.7. The van der Waals surface area contributed by atoms with Crippen LogP contribution >= 0.6 is 0 Å². The summed E-state index contributed by atoms with van der Waals surface area (Å²) in [4.78, 5) is 13.1. The summed E-state index contributed by atoms with van der Waals surface area (Å²) in [6, 6.07) is -0.995. The first kappa shape index (κ1) is 59.4. The Bertz CT molecular complexity index is 1100. The van der Waals surface area contributed by atoms with Crippen LogP contribution in [0.1, 0.15) is 232 Å². The molecule has 63 heavy (non-hydrogen) atoms. The van der Waals surface area contributed by atoms with Crippen molar-refractivity contribution in [1.82, 2.24) is 5.32 Å². The van der Waals surface area contributed by atoms with Gasteiger partial charge in [0.15, 0.2) is 6.29 Å². The standard InChI is InChI=1S/C53H99NO9/c1-3-5-7-9-11-13-15-16-17-18-19-20-21-22-23-24-25-26-27-28-29-30-32-34-36-38-40-42-47(57)52(61)54-45(44-62-53-51(60)50(59)49(58)48(43-55)63-53)46(56)41-39-37-35-33-31-14-12-10-8-6-4-2/h22-23,31,33,39,41,45-51,53,55-60H,3-21,24-30,32,34-38,40,42-44H2,1-2H3,(H,54,61)/b23-22-,33-31+,41-39+. The van der Waals surface area contributed by atoms with Crippen LogP contribution in [-0.4, -0.2) is 98.7 Å². The average Bonchev–Trinajstić information content (AvgIpc) is 3.28. The fraction of sp³-hybridized carbons (Fsp3) is 0.868. The highest BCUT2D eigenvalue weighted by Crippen LogP contribution is 2.23. The summed E-state index contributed by atoms with van der Waals surface area (Å²) >= 11 is 0. The number of carbonyl (C=O) groups excluding carboxylic acids is 1. The van der Waals surface area contributed by atoms with E-state index in [0.29, 0.717) is 19.3 Å². The number of aliphatic hydroxyl groups excluding tert-OH is 6. The van der Waals surface area contributed by atoms with E-state index in [1.165, 1.54) is 167 Å². The topological polar surface area (TPSA) is 169 Å². The van der Waals surface area contributed by atoms with E-state index in [1.807, 2.05) is 6.08 Å². The van der Waals surface area contributed by atoms with E-state index in [2.05, 4.69) is 43.5 Å². The maximum atomic E-state index is 13.1. The summed E-state index contributed by atoms with van der Waals surface area (Å²) in [6.07, 6.45) is 44.0. The fourth-order valence-electron chi connectivity index (χ4n) is 8.23. The molecule has 1 aliphatic rings. The predicted molar refractivity (Wildman–Crippen MR) is 259 cm³/mol. The Morgan fingerprint density at radius 3 is 1.38 bits per heavy atom. The van der Waals surface area contributed by atoms with Gasteiger partial charge in [-0.3, -0.25) is 4.79 Å². The van der Waals surface area contributed by atoms with Crippen LogP contribution in [0.15, 0.2) is 36.5 Å². The monoisotopic (exact) mass is 894 g/mol. The molecular formula is C53H99NO9. The molecule has 7 N–H and O–H groups in total. The fourth-order valence-corrected chi connectivity index (χ4v) is 8.23. The first-order chi connectivity index (χ1) is 30.8. The number of ether oxygens (including phenoxy) is 2. The number of carbonyl (C=O) groups is 1. The molecule has 1 heterocycles. The van der Waals surface area contributed by atoms with Crippen LogP contribution in [0, 0.1) is 0 Å². The first-order valence-electron chi connectivity index (χ1n) is 26.3. The SMILES string of the molecule is CCCCCCC/C=C/CC/C=C/C(O)C(COC1OC(CO)C(O)C(O)C1O)NC(=O)C(O)CCCCCCCCCCCCC/C=C\CCCCCCCCCCCCCC. The summed E-state index contributed by atoms with van der Waals surface area (Å²) in [7, 11) is 0. The van der Waals surface area contributed by atoms with Gasteiger partial charge in [-0.2, -0.15) is 0 Å². The molecular weight excluding hydrogens is 795 g/mol. The van der Waals surface area contributed by atoms with Gasteiger partial charge in [0.25, 0.3) is 0 Å². The molecule has 0 saturated carbocycles. The van der Waals surface area contributed by atoms with Crippen molar-refractivity contribution in [3.05, 3.63) is 36.5 Å². The van der Waals surface area contributed by atoms with Crippen molar-refractivity contribution in [3.8, 4) is 0 Å². The van der Waals surface area contributed by atoms with Crippen LogP contribution in [0.4, 0.5) is 0 Å². The second-order valence-electron chi connectivity index (χ2n) is 18.4. The average molecular weight is 894 g/mol. The third kappa shape index (κ3) is 32.7. The number of unbranched alkanes of at least 4 members (excludes halogenated alkanes) is 29. The van der Waals surface area contributed by atoms with Crippen LogP contribution in [0.25, 0.3) is 0 Å². The van der Waals surface area contributed by atoms with Crippen LogP contribution < -0.4 is 5.32 Å². The molecule has 1 saturated heterocycles.